The van der Waals surface area contributed by atoms with Crippen molar-refractivity contribution in [2.45, 2.75) is 20.8 Å². The van der Waals surface area contributed by atoms with Crippen LogP contribution in [0.5, 0.6) is 5.75 Å². The first-order valence-electron chi connectivity index (χ1n) is 8.88. The Hall–Kier alpha value is -2.12. The summed E-state index contributed by atoms with van der Waals surface area (Å²) in [5, 5.41) is 5.98. The summed E-state index contributed by atoms with van der Waals surface area (Å²) in [6, 6.07) is 13.1. The number of hydrogen-bond donors (Lipinski definition) is 2. The maximum absolute atomic E-state index is 12.4. The maximum atomic E-state index is 12.4. The lowest BCUT2D eigenvalue weighted by Crippen LogP contribution is -2.34. The normalized spacial score (nSPS) is 10.2. The Morgan fingerprint density at radius 2 is 1.78 bits per heavy atom. The molecule has 0 fully saturated rings. The van der Waals surface area contributed by atoms with E-state index < -0.39 is 0 Å². The fourth-order valence-corrected chi connectivity index (χ4v) is 3.30. The molecule has 0 radical (unpaired) electrons. The van der Waals surface area contributed by atoms with Crippen molar-refractivity contribution in [2.24, 2.45) is 0 Å². The fourth-order valence-electron chi connectivity index (χ4n) is 2.60. The minimum atomic E-state index is -0.281. The van der Waals surface area contributed by atoms with Gasteiger partial charge in [0.1, 0.15) is 5.75 Å². The average Bonchev–Trinajstić information content (AvgIpc) is 2.65. The van der Waals surface area contributed by atoms with Gasteiger partial charge in [0.25, 0.3) is 5.91 Å². The molecule has 0 saturated heterocycles. The molecule has 2 rings (SSSR count). The summed E-state index contributed by atoms with van der Waals surface area (Å²) in [6.45, 7) is 8.63. The molecule has 2 N–H and O–H groups in total. The van der Waals surface area contributed by atoms with E-state index in [2.05, 4.69) is 45.3 Å². The Morgan fingerprint density at radius 3 is 2.33 bits per heavy atom. The van der Waals surface area contributed by atoms with Gasteiger partial charge in [-0.2, -0.15) is 0 Å². The van der Waals surface area contributed by atoms with Gasteiger partial charge >= 0.3 is 0 Å². The molecular formula is C20H24BrN3O2S. The summed E-state index contributed by atoms with van der Waals surface area (Å²) in [7, 11) is 0. The number of amides is 1. The van der Waals surface area contributed by atoms with E-state index >= 15 is 0 Å². The molecule has 0 unspecified atom stereocenters. The molecule has 0 aliphatic rings. The number of halogens is 1. The highest BCUT2D eigenvalue weighted by molar-refractivity contribution is 9.10. The molecule has 0 aliphatic carbocycles. The standard InChI is InChI=1S/C20H24BrN3O2S/c1-4-24(5-2)16-10-8-15(9-11-16)22-20(27)23-19(25)14-7-12-18(26-6-3)17(21)13-14/h7-13H,4-6H2,1-3H3,(H2,22,23,25,27). The van der Waals surface area contributed by atoms with Crippen molar-refractivity contribution in [3.63, 3.8) is 0 Å². The van der Waals surface area contributed by atoms with Gasteiger partial charge in [-0.05, 0) is 91.4 Å². The number of carbonyl (C=O) groups excluding carboxylic acids is 1. The second-order valence-corrected chi connectivity index (χ2v) is 6.97. The molecule has 1 amide bonds. The van der Waals surface area contributed by atoms with Crippen LogP contribution >= 0.6 is 28.1 Å². The molecule has 2 aromatic carbocycles. The number of ether oxygens (including phenoxy) is 1. The van der Waals surface area contributed by atoms with Crippen molar-refractivity contribution in [2.75, 3.05) is 29.9 Å². The Kier molecular flexibility index (Phi) is 8.06. The van der Waals surface area contributed by atoms with Crippen LogP contribution in [0.4, 0.5) is 11.4 Å². The summed E-state index contributed by atoms with van der Waals surface area (Å²) in [6.07, 6.45) is 0. The zero-order valence-electron chi connectivity index (χ0n) is 15.7. The van der Waals surface area contributed by atoms with Crippen molar-refractivity contribution in [1.29, 1.82) is 0 Å². The van der Waals surface area contributed by atoms with Gasteiger partial charge in [0.15, 0.2) is 5.11 Å². The van der Waals surface area contributed by atoms with Crippen LogP contribution in [0.1, 0.15) is 31.1 Å². The highest BCUT2D eigenvalue weighted by atomic mass is 79.9. The van der Waals surface area contributed by atoms with Crippen LogP contribution in [0.2, 0.25) is 0 Å². The summed E-state index contributed by atoms with van der Waals surface area (Å²) in [4.78, 5) is 14.6. The van der Waals surface area contributed by atoms with Crippen LogP contribution in [0.15, 0.2) is 46.9 Å². The van der Waals surface area contributed by atoms with Crippen LogP contribution in [0, 0.1) is 0 Å². The molecule has 2 aromatic rings. The summed E-state index contributed by atoms with van der Waals surface area (Å²) >= 11 is 8.66. The molecule has 7 heteroatoms. The number of anilines is 2. The van der Waals surface area contributed by atoms with Crippen molar-refractivity contribution < 1.29 is 9.53 Å². The number of thiocarbonyl (C=S) groups is 1. The van der Waals surface area contributed by atoms with Gasteiger partial charge < -0.3 is 15.0 Å². The van der Waals surface area contributed by atoms with Crippen molar-refractivity contribution in [3.05, 3.63) is 52.5 Å². The zero-order valence-corrected chi connectivity index (χ0v) is 18.1. The number of nitrogens with zero attached hydrogens (tertiary/aromatic N) is 1. The lowest BCUT2D eigenvalue weighted by molar-refractivity contribution is 0.0977. The number of benzene rings is 2. The first-order chi connectivity index (χ1) is 13.0. The average molecular weight is 450 g/mol. The summed E-state index contributed by atoms with van der Waals surface area (Å²) < 4.78 is 6.18. The van der Waals surface area contributed by atoms with Gasteiger partial charge in [0, 0.05) is 30.0 Å². The topological polar surface area (TPSA) is 53.6 Å². The number of carbonyl (C=O) groups is 1. The molecule has 0 saturated carbocycles. The largest absolute Gasteiger partial charge is 0.493 e. The van der Waals surface area contributed by atoms with Gasteiger partial charge in [-0.15, -0.1) is 0 Å². The fraction of sp³-hybridized carbons (Fsp3) is 0.300. The van der Waals surface area contributed by atoms with Gasteiger partial charge in [0.05, 0.1) is 11.1 Å². The second-order valence-electron chi connectivity index (χ2n) is 5.71. The maximum Gasteiger partial charge on any atom is 0.257 e. The van der Waals surface area contributed by atoms with Gasteiger partial charge in [-0.25, -0.2) is 0 Å². The van der Waals surface area contributed by atoms with Crippen molar-refractivity contribution >= 4 is 50.5 Å². The third kappa shape index (κ3) is 5.94. The van der Waals surface area contributed by atoms with E-state index in [-0.39, 0.29) is 11.0 Å². The van der Waals surface area contributed by atoms with Gasteiger partial charge in [0.2, 0.25) is 0 Å². The number of hydrogen-bond acceptors (Lipinski definition) is 4. The van der Waals surface area contributed by atoms with E-state index in [1.54, 1.807) is 18.2 Å². The van der Waals surface area contributed by atoms with E-state index in [9.17, 15) is 4.79 Å². The first-order valence-corrected chi connectivity index (χ1v) is 10.1. The van der Waals surface area contributed by atoms with Crippen LogP contribution in [0.25, 0.3) is 0 Å². The van der Waals surface area contributed by atoms with Crippen molar-refractivity contribution in [1.82, 2.24) is 5.32 Å². The molecule has 0 spiro atoms. The van der Waals surface area contributed by atoms with Crippen LogP contribution in [-0.2, 0) is 0 Å². The number of rotatable bonds is 7. The summed E-state index contributed by atoms with van der Waals surface area (Å²) in [5.41, 5.74) is 2.47. The minimum absolute atomic E-state index is 0.251. The third-order valence-electron chi connectivity index (χ3n) is 3.97. The highest BCUT2D eigenvalue weighted by Crippen LogP contribution is 2.26. The Balaban J connectivity index is 1.97. The molecule has 0 heterocycles. The van der Waals surface area contributed by atoms with E-state index in [0.717, 1.165) is 28.9 Å². The highest BCUT2D eigenvalue weighted by Gasteiger charge is 2.11. The lowest BCUT2D eigenvalue weighted by Gasteiger charge is -2.21. The SMILES string of the molecule is CCOc1ccc(C(=O)NC(=S)Nc2ccc(N(CC)CC)cc2)cc1Br. The molecule has 144 valence electrons. The quantitative estimate of drug-likeness (QED) is 0.593. The summed E-state index contributed by atoms with van der Waals surface area (Å²) in [5.74, 6) is 0.416. The Bertz CT molecular complexity index is 792. The number of nitrogens with one attached hydrogen (secondary N) is 2. The van der Waals surface area contributed by atoms with Crippen LogP contribution in [0.3, 0.4) is 0 Å². The van der Waals surface area contributed by atoms with E-state index in [1.165, 1.54) is 0 Å². The smallest absolute Gasteiger partial charge is 0.257 e. The second kappa shape index (κ2) is 10.3. The van der Waals surface area contributed by atoms with Gasteiger partial charge in [-0.3, -0.25) is 10.1 Å². The van der Waals surface area contributed by atoms with E-state index in [0.29, 0.717) is 17.9 Å². The molecule has 0 atom stereocenters. The minimum Gasteiger partial charge on any atom is -0.493 e. The predicted octanol–water partition coefficient (Wildman–Crippen LogP) is 4.82. The molecule has 0 aliphatic heterocycles. The first kappa shape index (κ1) is 21.2. The zero-order chi connectivity index (χ0) is 19.8. The van der Waals surface area contributed by atoms with Crippen LogP contribution < -0.4 is 20.3 Å². The monoisotopic (exact) mass is 449 g/mol. The predicted molar refractivity (Wildman–Crippen MR) is 119 cm³/mol. The molecule has 5 nitrogen and oxygen atoms in total. The molecule has 0 bridgehead atoms. The molecule has 27 heavy (non-hydrogen) atoms. The lowest BCUT2D eigenvalue weighted by atomic mass is 10.2. The third-order valence-corrected chi connectivity index (χ3v) is 4.80. The van der Waals surface area contributed by atoms with Gasteiger partial charge in [-0.1, -0.05) is 0 Å². The molecule has 0 aromatic heterocycles. The molecular weight excluding hydrogens is 426 g/mol. The van der Waals surface area contributed by atoms with Crippen LogP contribution in [-0.4, -0.2) is 30.7 Å². The van der Waals surface area contributed by atoms with E-state index in [4.69, 9.17) is 17.0 Å². The Labute approximate surface area is 174 Å². The Morgan fingerprint density at radius 1 is 1.11 bits per heavy atom. The van der Waals surface area contributed by atoms with E-state index in [1.807, 2.05) is 31.2 Å². The van der Waals surface area contributed by atoms with Crippen molar-refractivity contribution in [3.8, 4) is 5.75 Å².